The Balaban J connectivity index is 1.66. The number of nitrogens with one attached hydrogen (secondary N) is 2. The fourth-order valence-corrected chi connectivity index (χ4v) is 4.04. The van der Waals surface area contributed by atoms with Gasteiger partial charge in [-0.1, -0.05) is 25.3 Å². The van der Waals surface area contributed by atoms with Crippen molar-refractivity contribution in [3.8, 4) is 0 Å². The summed E-state index contributed by atoms with van der Waals surface area (Å²) >= 11 is 0. The molecule has 2 aliphatic carbocycles. The number of hydrogen-bond donors (Lipinski definition) is 2. The van der Waals surface area contributed by atoms with Gasteiger partial charge in [-0.25, -0.2) is 4.79 Å². The standard InChI is InChI=1S/C21H32N2O2/c1-21(2,3)25-20(24)23-17-12-13-18-15(14-17)8-7-11-19(18)22-16-9-5-4-6-10-16/h12-14,16,19,22H,4-11H2,1-3H3,(H,23,24). The molecule has 25 heavy (non-hydrogen) atoms. The number of rotatable bonds is 3. The van der Waals surface area contributed by atoms with Gasteiger partial charge in [-0.15, -0.1) is 0 Å². The van der Waals surface area contributed by atoms with Gasteiger partial charge >= 0.3 is 6.09 Å². The van der Waals surface area contributed by atoms with Gasteiger partial charge in [-0.3, -0.25) is 5.32 Å². The number of carbonyl (C=O) groups excluding carboxylic acids is 1. The number of benzene rings is 1. The lowest BCUT2D eigenvalue weighted by Crippen LogP contribution is -2.36. The number of aryl methyl sites for hydroxylation is 1. The number of ether oxygens (including phenoxy) is 1. The van der Waals surface area contributed by atoms with E-state index in [4.69, 9.17) is 4.74 Å². The maximum absolute atomic E-state index is 12.0. The average Bonchev–Trinajstić information content (AvgIpc) is 2.54. The van der Waals surface area contributed by atoms with Crippen LogP contribution < -0.4 is 10.6 Å². The fraction of sp³-hybridized carbons (Fsp3) is 0.667. The number of fused-ring (bicyclic) bond motifs is 1. The van der Waals surface area contributed by atoms with Crippen LogP contribution in [-0.2, 0) is 11.2 Å². The van der Waals surface area contributed by atoms with Crippen LogP contribution in [0.25, 0.3) is 0 Å². The van der Waals surface area contributed by atoms with E-state index in [9.17, 15) is 4.79 Å². The van der Waals surface area contributed by atoms with Crippen molar-refractivity contribution in [2.45, 2.75) is 89.8 Å². The van der Waals surface area contributed by atoms with E-state index in [0.717, 1.165) is 12.1 Å². The first-order valence-corrected chi connectivity index (χ1v) is 9.79. The molecule has 1 saturated carbocycles. The smallest absolute Gasteiger partial charge is 0.412 e. The highest BCUT2D eigenvalue weighted by Gasteiger charge is 2.24. The molecule has 0 spiro atoms. The second-order valence-electron chi connectivity index (χ2n) is 8.49. The Morgan fingerprint density at radius 2 is 1.84 bits per heavy atom. The van der Waals surface area contributed by atoms with Gasteiger partial charge in [0, 0.05) is 17.8 Å². The monoisotopic (exact) mass is 344 g/mol. The van der Waals surface area contributed by atoms with E-state index in [1.807, 2.05) is 26.8 Å². The molecule has 0 saturated heterocycles. The Morgan fingerprint density at radius 1 is 1.08 bits per heavy atom. The van der Waals surface area contributed by atoms with Gasteiger partial charge in [-0.05, 0) is 76.1 Å². The highest BCUT2D eigenvalue weighted by molar-refractivity contribution is 5.85. The highest BCUT2D eigenvalue weighted by atomic mass is 16.6. The summed E-state index contributed by atoms with van der Waals surface area (Å²) in [4.78, 5) is 12.0. The molecule has 0 radical (unpaired) electrons. The second kappa shape index (κ2) is 7.77. The van der Waals surface area contributed by atoms with Crippen LogP contribution in [0.1, 0.15) is 82.9 Å². The molecule has 0 aromatic heterocycles. The summed E-state index contributed by atoms with van der Waals surface area (Å²) in [6.07, 6.45) is 9.83. The lowest BCUT2D eigenvalue weighted by molar-refractivity contribution is 0.0636. The fourth-order valence-electron chi connectivity index (χ4n) is 4.04. The van der Waals surface area contributed by atoms with Crippen LogP contribution in [0.4, 0.5) is 10.5 Å². The lowest BCUT2D eigenvalue weighted by atomic mass is 9.85. The molecular weight excluding hydrogens is 312 g/mol. The maximum Gasteiger partial charge on any atom is 0.412 e. The third kappa shape index (κ3) is 5.21. The Bertz CT molecular complexity index is 600. The zero-order chi connectivity index (χ0) is 17.9. The van der Waals surface area contributed by atoms with E-state index in [2.05, 4.69) is 22.8 Å². The molecule has 0 aliphatic heterocycles. The second-order valence-corrected chi connectivity index (χ2v) is 8.49. The molecule has 0 heterocycles. The number of anilines is 1. The number of amides is 1. The molecule has 3 rings (SSSR count). The topological polar surface area (TPSA) is 50.4 Å². The highest BCUT2D eigenvalue weighted by Crippen LogP contribution is 2.33. The van der Waals surface area contributed by atoms with Crippen molar-refractivity contribution >= 4 is 11.8 Å². The molecule has 1 atom stereocenters. The van der Waals surface area contributed by atoms with E-state index < -0.39 is 5.60 Å². The van der Waals surface area contributed by atoms with Gasteiger partial charge in [0.15, 0.2) is 0 Å². The van der Waals surface area contributed by atoms with Crippen LogP contribution in [0, 0.1) is 0 Å². The average molecular weight is 344 g/mol. The van der Waals surface area contributed by atoms with Crippen LogP contribution in [0.2, 0.25) is 0 Å². The molecule has 4 nitrogen and oxygen atoms in total. The SMILES string of the molecule is CC(C)(C)OC(=O)Nc1ccc2c(c1)CCCC2NC1CCCCC1. The summed E-state index contributed by atoms with van der Waals surface area (Å²) in [5.41, 5.74) is 3.11. The first kappa shape index (κ1) is 18.2. The molecule has 1 amide bonds. The van der Waals surface area contributed by atoms with Crippen LogP contribution in [0.3, 0.4) is 0 Å². The van der Waals surface area contributed by atoms with Gasteiger partial charge in [0.2, 0.25) is 0 Å². The lowest BCUT2D eigenvalue weighted by Gasteiger charge is -2.32. The van der Waals surface area contributed by atoms with Gasteiger partial charge in [0.1, 0.15) is 5.60 Å². The van der Waals surface area contributed by atoms with E-state index in [1.165, 1.54) is 56.1 Å². The van der Waals surface area contributed by atoms with E-state index in [1.54, 1.807) is 0 Å². The van der Waals surface area contributed by atoms with Crippen molar-refractivity contribution in [1.82, 2.24) is 5.32 Å². The molecule has 2 N–H and O–H groups in total. The van der Waals surface area contributed by atoms with Gasteiger partial charge in [-0.2, -0.15) is 0 Å². The third-order valence-electron chi connectivity index (χ3n) is 5.14. The summed E-state index contributed by atoms with van der Waals surface area (Å²) in [5, 5.41) is 6.76. The summed E-state index contributed by atoms with van der Waals surface area (Å²) in [5.74, 6) is 0. The van der Waals surface area contributed by atoms with Crippen LogP contribution in [-0.4, -0.2) is 17.7 Å². The van der Waals surface area contributed by atoms with Crippen molar-refractivity contribution in [2.24, 2.45) is 0 Å². The summed E-state index contributed by atoms with van der Waals surface area (Å²) in [6, 6.07) is 7.44. The molecule has 1 aromatic rings. The quantitative estimate of drug-likeness (QED) is 0.779. The predicted molar refractivity (Wildman–Crippen MR) is 102 cm³/mol. The Labute approximate surface area is 151 Å². The Hall–Kier alpha value is -1.55. The molecule has 1 unspecified atom stereocenters. The predicted octanol–water partition coefficient (Wildman–Crippen LogP) is 5.33. The minimum atomic E-state index is -0.479. The van der Waals surface area contributed by atoms with Gasteiger partial charge < -0.3 is 10.1 Å². The van der Waals surface area contributed by atoms with Crippen molar-refractivity contribution in [3.63, 3.8) is 0 Å². The minimum absolute atomic E-state index is 0.389. The first-order chi connectivity index (χ1) is 11.9. The van der Waals surface area contributed by atoms with Crippen LogP contribution in [0.5, 0.6) is 0 Å². The third-order valence-corrected chi connectivity index (χ3v) is 5.14. The van der Waals surface area contributed by atoms with E-state index in [0.29, 0.717) is 12.1 Å². The molecule has 1 fully saturated rings. The maximum atomic E-state index is 12.0. The van der Waals surface area contributed by atoms with E-state index in [-0.39, 0.29) is 6.09 Å². The summed E-state index contributed by atoms with van der Waals surface area (Å²) in [6.45, 7) is 5.63. The molecule has 2 aliphatic rings. The van der Waals surface area contributed by atoms with Crippen molar-refractivity contribution in [2.75, 3.05) is 5.32 Å². The van der Waals surface area contributed by atoms with Gasteiger partial charge in [0.25, 0.3) is 0 Å². The first-order valence-electron chi connectivity index (χ1n) is 9.79. The van der Waals surface area contributed by atoms with Crippen molar-refractivity contribution in [1.29, 1.82) is 0 Å². The largest absolute Gasteiger partial charge is 0.444 e. The number of carbonyl (C=O) groups is 1. The van der Waals surface area contributed by atoms with Crippen LogP contribution >= 0.6 is 0 Å². The zero-order valence-electron chi connectivity index (χ0n) is 15.9. The molecule has 138 valence electrons. The minimum Gasteiger partial charge on any atom is -0.444 e. The van der Waals surface area contributed by atoms with Crippen molar-refractivity contribution < 1.29 is 9.53 Å². The summed E-state index contributed by atoms with van der Waals surface area (Å²) < 4.78 is 5.34. The molecular formula is C21H32N2O2. The normalized spacial score (nSPS) is 21.5. The number of hydrogen-bond acceptors (Lipinski definition) is 3. The Morgan fingerprint density at radius 3 is 2.56 bits per heavy atom. The Kier molecular flexibility index (Phi) is 5.67. The summed E-state index contributed by atoms with van der Waals surface area (Å²) in [7, 11) is 0. The van der Waals surface area contributed by atoms with Crippen molar-refractivity contribution in [3.05, 3.63) is 29.3 Å². The van der Waals surface area contributed by atoms with Crippen LogP contribution in [0.15, 0.2) is 18.2 Å². The zero-order valence-corrected chi connectivity index (χ0v) is 15.9. The molecule has 0 bridgehead atoms. The van der Waals surface area contributed by atoms with Gasteiger partial charge in [0.05, 0.1) is 0 Å². The molecule has 4 heteroatoms. The van der Waals surface area contributed by atoms with E-state index >= 15 is 0 Å². The molecule has 1 aromatic carbocycles.